The molecule has 2 heterocycles. The Kier molecular flexibility index (Phi) is 4.84. The van der Waals surface area contributed by atoms with E-state index in [0.29, 0.717) is 6.04 Å². The summed E-state index contributed by atoms with van der Waals surface area (Å²) in [6.45, 7) is 6.57. The Bertz CT molecular complexity index is 587. The zero-order chi connectivity index (χ0) is 15.0. The van der Waals surface area contributed by atoms with Gasteiger partial charge in [-0.15, -0.1) is 22.7 Å². The van der Waals surface area contributed by atoms with Crippen molar-refractivity contribution in [2.75, 3.05) is 0 Å². The normalized spacial score (nSPS) is 16.2. The van der Waals surface area contributed by atoms with Crippen LogP contribution in [-0.4, -0.2) is 11.0 Å². The van der Waals surface area contributed by atoms with Crippen LogP contribution in [0.5, 0.6) is 0 Å². The number of aromatic nitrogens is 1. The summed E-state index contributed by atoms with van der Waals surface area (Å²) in [5, 5.41) is 4.94. The fourth-order valence-electron chi connectivity index (χ4n) is 2.73. The van der Waals surface area contributed by atoms with E-state index in [9.17, 15) is 0 Å². The van der Waals surface area contributed by atoms with E-state index < -0.39 is 0 Å². The van der Waals surface area contributed by atoms with Crippen molar-refractivity contribution in [3.63, 3.8) is 0 Å². The summed E-state index contributed by atoms with van der Waals surface area (Å²) >= 11 is 7.42. The minimum absolute atomic E-state index is 0.232. The molecule has 0 saturated heterocycles. The molecule has 1 N–H and O–H groups in total. The van der Waals surface area contributed by atoms with Gasteiger partial charge in [-0.05, 0) is 68.5 Å². The van der Waals surface area contributed by atoms with Crippen molar-refractivity contribution in [1.82, 2.24) is 10.3 Å². The molecule has 0 aliphatic heterocycles. The first-order chi connectivity index (χ1) is 10.0. The summed E-state index contributed by atoms with van der Waals surface area (Å²) in [5.41, 5.74) is 1.35. The van der Waals surface area contributed by atoms with Gasteiger partial charge in [0, 0.05) is 25.1 Å². The molecule has 0 fully saturated rings. The van der Waals surface area contributed by atoms with E-state index in [1.807, 2.05) is 22.7 Å². The summed E-state index contributed by atoms with van der Waals surface area (Å²) in [7, 11) is 0. The molecule has 1 aliphatic rings. The van der Waals surface area contributed by atoms with Gasteiger partial charge in [-0.25, -0.2) is 4.98 Å². The van der Waals surface area contributed by atoms with Crippen LogP contribution in [0.15, 0.2) is 10.5 Å². The molecule has 0 bridgehead atoms. The lowest BCUT2D eigenvalue weighted by atomic mass is 10.0. The van der Waals surface area contributed by atoms with Crippen LogP contribution in [0.25, 0.3) is 0 Å². The predicted octanol–water partition coefficient (Wildman–Crippen LogP) is 5.24. The Morgan fingerprint density at radius 1 is 1.24 bits per heavy atom. The van der Waals surface area contributed by atoms with Crippen molar-refractivity contribution in [2.45, 2.75) is 58.5 Å². The number of fused-ring (bicyclic) bond motifs is 1. The molecule has 2 aromatic heterocycles. The topological polar surface area (TPSA) is 24.9 Å². The Morgan fingerprint density at radius 3 is 2.62 bits per heavy atom. The highest BCUT2D eigenvalue weighted by molar-refractivity contribution is 9.10. The third-order valence-electron chi connectivity index (χ3n) is 3.77. The predicted molar refractivity (Wildman–Crippen MR) is 95.6 cm³/mol. The average Bonchev–Trinajstić information content (AvgIpc) is 3.00. The van der Waals surface area contributed by atoms with Crippen molar-refractivity contribution in [3.8, 4) is 0 Å². The molecular formula is C16H21BrN2S2. The fraction of sp³-hybridized carbons (Fsp3) is 0.562. The molecule has 1 atom stereocenters. The first-order valence-electron chi connectivity index (χ1n) is 7.55. The number of thiophene rings is 1. The van der Waals surface area contributed by atoms with E-state index in [1.54, 1.807) is 0 Å². The maximum Gasteiger partial charge on any atom is 0.116 e. The Hall–Kier alpha value is -0.230. The maximum atomic E-state index is 4.97. The van der Waals surface area contributed by atoms with Gasteiger partial charge >= 0.3 is 0 Å². The highest BCUT2D eigenvalue weighted by Crippen LogP contribution is 2.37. The van der Waals surface area contributed by atoms with Gasteiger partial charge in [0.05, 0.1) is 11.7 Å². The first-order valence-corrected chi connectivity index (χ1v) is 9.97. The lowest BCUT2D eigenvalue weighted by molar-refractivity contribution is 0.531. The molecule has 0 saturated carbocycles. The van der Waals surface area contributed by atoms with Crippen LogP contribution < -0.4 is 5.32 Å². The van der Waals surface area contributed by atoms with Gasteiger partial charge in [-0.3, -0.25) is 0 Å². The quantitative estimate of drug-likeness (QED) is 0.778. The molecule has 0 radical (unpaired) electrons. The zero-order valence-corrected chi connectivity index (χ0v) is 15.9. The molecule has 1 aliphatic carbocycles. The Morgan fingerprint density at radius 2 is 2.00 bits per heavy atom. The number of aryl methyl sites for hydroxylation is 3. The Labute approximate surface area is 143 Å². The van der Waals surface area contributed by atoms with Gasteiger partial charge < -0.3 is 5.32 Å². The summed E-state index contributed by atoms with van der Waals surface area (Å²) in [6, 6.07) is 2.92. The molecular weight excluding hydrogens is 364 g/mol. The molecule has 0 spiro atoms. The van der Waals surface area contributed by atoms with Crippen LogP contribution >= 0.6 is 38.6 Å². The molecule has 2 nitrogen and oxygen atoms in total. The lowest BCUT2D eigenvalue weighted by Gasteiger charge is -2.18. The van der Waals surface area contributed by atoms with Gasteiger partial charge in [0.25, 0.3) is 0 Å². The van der Waals surface area contributed by atoms with Crippen molar-refractivity contribution < 1.29 is 0 Å². The number of hydrogen-bond acceptors (Lipinski definition) is 4. The lowest BCUT2D eigenvalue weighted by Crippen LogP contribution is -2.28. The van der Waals surface area contributed by atoms with E-state index in [-0.39, 0.29) is 6.04 Å². The van der Waals surface area contributed by atoms with Crippen molar-refractivity contribution in [1.29, 1.82) is 0 Å². The van der Waals surface area contributed by atoms with Gasteiger partial charge in [-0.1, -0.05) is 0 Å². The number of thiazole rings is 1. The van der Waals surface area contributed by atoms with Crippen molar-refractivity contribution in [2.24, 2.45) is 0 Å². The average molecular weight is 385 g/mol. The van der Waals surface area contributed by atoms with Crippen LogP contribution in [0.3, 0.4) is 0 Å². The third-order valence-corrected chi connectivity index (χ3v) is 7.19. The third kappa shape index (κ3) is 3.41. The molecule has 114 valence electrons. The SMILES string of the molecule is Cc1sc(C(NC(C)C)c2nc3c(s2)CCCC3)cc1Br. The summed E-state index contributed by atoms with van der Waals surface area (Å²) in [6.07, 6.45) is 4.99. The molecule has 0 aromatic carbocycles. The standard InChI is InChI=1S/C16H21BrN2S2/c1-9(2)18-15(14-8-11(17)10(3)20-14)16-19-12-6-4-5-7-13(12)21-16/h8-9,15,18H,4-7H2,1-3H3. The summed E-state index contributed by atoms with van der Waals surface area (Å²) in [5.74, 6) is 0. The number of nitrogens with zero attached hydrogens (tertiary/aromatic N) is 1. The molecule has 1 unspecified atom stereocenters. The second-order valence-corrected chi connectivity index (χ2v) is 9.19. The highest BCUT2D eigenvalue weighted by atomic mass is 79.9. The van der Waals surface area contributed by atoms with Gasteiger partial charge in [0.15, 0.2) is 0 Å². The zero-order valence-electron chi connectivity index (χ0n) is 12.7. The van der Waals surface area contributed by atoms with Gasteiger partial charge in [-0.2, -0.15) is 0 Å². The van der Waals surface area contributed by atoms with E-state index in [2.05, 4.69) is 48.1 Å². The number of halogens is 1. The highest BCUT2D eigenvalue weighted by Gasteiger charge is 2.24. The molecule has 3 rings (SSSR count). The second kappa shape index (κ2) is 6.49. The monoisotopic (exact) mass is 384 g/mol. The van der Waals surface area contributed by atoms with E-state index in [0.717, 1.165) is 6.42 Å². The van der Waals surface area contributed by atoms with Crippen LogP contribution in [0.1, 0.15) is 58.1 Å². The minimum Gasteiger partial charge on any atom is -0.301 e. The largest absolute Gasteiger partial charge is 0.301 e. The number of rotatable bonds is 4. The van der Waals surface area contributed by atoms with Crippen molar-refractivity contribution >= 4 is 38.6 Å². The van der Waals surface area contributed by atoms with E-state index in [4.69, 9.17) is 4.98 Å². The smallest absolute Gasteiger partial charge is 0.116 e. The first kappa shape index (κ1) is 15.7. The minimum atomic E-state index is 0.232. The van der Waals surface area contributed by atoms with Crippen LogP contribution in [0, 0.1) is 6.92 Å². The maximum absolute atomic E-state index is 4.97. The molecule has 0 amide bonds. The summed E-state index contributed by atoms with van der Waals surface area (Å²) in [4.78, 5) is 9.18. The number of nitrogens with one attached hydrogen (secondary N) is 1. The van der Waals surface area contributed by atoms with E-state index in [1.165, 1.54) is 49.1 Å². The van der Waals surface area contributed by atoms with Crippen LogP contribution in [-0.2, 0) is 12.8 Å². The van der Waals surface area contributed by atoms with Crippen LogP contribution in [0.4, 0.5) is 0 Å². The van der Waals surface area contributed by atoms with E-state index >= 15 is 0 Å². The van der Waals surface area contributed by atoms with Gasteiger partial charge in [0.2, 0.25) is 0 Å². The Balaban J connectivity index is 1.96. The van der Waals surface area contributed by atoms with Crippen molar-refractivity contribution in [3.05, 3.63) is 35.9 Å². The molecule has 2 aromatic rings. The molecule has 21 heavy (non-hydrogen) atoms. The summed E-state index contributed by atoms with van der Waals surface area (Å²) < 4.78 is 1.21. The van der Waals surface area contributed by atoms with Gasteiger partial charge in [0.1, 0.15) is 5.01 Å². The second-order valence-electron chi connectivity index (χ2n) is 5.94. The fourth-order valence-corrected chi connectivity index (χ4v) is 5.66. The van der Waals surface area contributed by atoms with Crippen LogP contribution in [0.2, 0.25) is 0 Å². The number of hydrogen-bond donors (Lipinski definition) is 1. The molecule has 5 heteroatoms.